The Bertz CT molecular complexity index is 1300. The second-order valence-electron chi connectivity index (χ2n) is 9.61. The zero-order valence-corrected chi connectivity index (χ0v) is 22.6. The molecule has 2 aliphatic rings. The minimum absolute atomic E-state index is 0.0101. The third kappa shape index (κ3) is 5.91. The topological polar surface area (TPSA) is 69.6 Å². The molecule has 9 heteroatoms. The van der Waals surface area contributed by atoms with Crippen molar-refractivity contribution in [1.29, 1.82) is 0 Å². The number of benzene rings is 2. The van der Waals surface area contributed by atoms with Gasteiger partial charge in [0, 0.05) is 50.4 Å². The average molecular weight is 536 g/mol. The molecule has 2 amide bonds. The van der Waals surface area contributed by atoms with Crippen LogP contribution < -0.4 is 4.90 Å². The second kappa shape index (κ2) is 11.1. The van der Waals surface area contributed by atoms with Gasteiger partial charge in [-0.1, -0.05) is 65.3 Å². The van der Waals surface area contributed by atoms with E-state index < -0.39 is 0 Å². The lowest BCUT2D eigenvalue weighted by atomic mass is 10.00. The maximum Gasteiger partial charge on any atom is 0.254 e. The zero-order valence-electron chi connectivity index (χ0n) is 21.1. The molecule has 0 radical (unpaired) electrons. The number of thioether (sulfide) groups is 1. The van der Waals surface area contributed by atoms with Gasteiger partial charge in [-0.05, 0) is 43.5 Å². The number of aryl methyl sites for hydroxylation is 1. The van der Waals surface area contributed by atoms with Gasteiger partial charge in [0.25, 0.3) is 5.91 Å². The first-order valence-electron chi connectivity index (χ1n) is 12.5. The first kappa shape index (κ1) is 25.5. The largest absolute Gasteiger partial charge is 0.353 e. The van der Waals surface area contributed by atoms with Crippen molar-refractivity contribution in [2.24, 2.45) is 0 Å². The van der Waals surface area contributed by atoms with Crippen LogP contribution in [0.3, 0.4) is 0 Å². The van der Waals surface area contributed by atoms with E-state index in [4.69, 9.17) is 16.6 Å². The summed E-state index contributed by atoms with van der Waals surface area (Å²) in [6.07, 6.45) is 0.876. The van der Waals surface area contributed by atoms with E-state index in [0.717, 1.165) is 24.3 Å². The van der Waals surface area contributed by atoms with Crippen molar-refractivity contribution in [3.8, 4) is 0 Å². The van der Waals surface area contributed by atoms with Crippen LogP contribution in [0.4, 0.5) is 5.82 Å². The summed E-state index contributed by atoms with van der Waals surface area (Å²) in [5, 5.41) is 0.830. The Hall–Kier alpha value is -3.10. The maximum atomic E-state index is 13.0. The van der Waals surface area contributed by atoms with Gasteiger partial charge in [-0.2, -0.15) is 0 Å². The second-order valence-corrected chi connectivity index (χ2v) is 10.9. The van der Waals surface area contributed by atoms with Gasteiger partial charge in [0.2, 0.25) is 5.91 Å². The number of fused-ring (bicyclic) bond motifs is 1. The lowest BCUT2D eigenvalue weighted by Gasteiger charge is -2.40. The molecular weight excluding hydrogens is 506 g/mol. The average Bonchev–Trinajstić information content (AvgIpc) is 2.91. The van der Waals surface area contributed by atoms with Crippen LogP contribution in [0.15, 0.2) is 59.8 Å². The predicted molar refractivity (Wildman–Crippen MR) is 147 cm³/mol. The van der Waals surface area contributed by atoms with Crippen LogP contribution in [-0.4, -0.2) is 69.6 Å². The molecule has 7 nitrogen and oxygen atoms in total. The molecule has 0 saturated carbocycles. The first-order valence-corrected chi connectivity index (χ1v) is 13.9. The van der Waals surface area contributed by atoms with Crippen LogP contribution in [0.2, 0.25) is 5.15 Å². The Morgan fingerprint density at radius 1 is 1.03 bits per heavy atom. The van der Waals surface area contributed by atoms with Gasteiger partial charge >= 0.3 is 0 Å². The molecule has 0 bridgehead atoms. The highest BCUT2D eigenvalue weighted by Crippen LogP contribution is 2.26. The van der Waals surface area contributed by atoms with E-state index in [0.29, 0.717) is 42.1 Å². The normalized spacial score (nSPS) is 17.5. The Kier molecular flexibility index (Phi) is 7.67. The fourth-order valence-corrected chi connectivity index (χ4v) is 5.85. The molecule has 3 heterocycles. The lowest BCUT2D eigenvalue weighted by molar-refractivity contribution is -0.129. The van der Waals surface area contributed by atoms with E-state index in [2.05, 4.69) is 22.0 Å². The lowest BCUT2D eigenvalue weighted by Crippen LogP contribution is -2.54. The van der Waals surface area contributed by atoms with Crippen LogP contribution in [-0.2, 0) is 17.8 Å². The molecule has 0 spiro atoms. The van der Waals surface area contributed by atoms with Gasteiger partial charge < -0.3 is 14.7 Å². The van der Waals surface area contributed by atoms with Gasteiger partial charge in [-0.3, -0.25) is 9.59 Å². The Balaban J connectivity index is 1.20. The van der Waals surface area contributed by atoms with Gasteiger partial charge in [-0.25, -0.2) is 9.97 Å². The van der Waals surface area contributed by atoms with Crippen molar-refractivity contribution in [3.05, 3.63) is 82.0 Å². The Morgan fingerprint density at radius 2 is 1.78 bits per heavy atom. The quantitative estimate of drug-likeness (QED) is 0.273. The Morgan fingerprint density at radius 3 is 2.54 bits per heavy atom. The smallest absolute Gasteiger partial charge is 0.254 e. The molecule has 37 heavy (non-hydrogen) atoms. The Labute approximate surface area is 226 Å². The van der Waals surface area contributed by atoms with Crippen molar-refractivity contribution in [3.63, 3.8) is 0 Å². The highest BCUT2D eigenvalue weighted by Gasteiger charge is 2.29. The predicted octanol–water partition coefficient (Wildman–Crippen LogP) is 4.47. The van der Waals surface area contributed by atoms with Crippen LogP contribution in [0.25, 0.3) is 0 Å². The summed E-state index contributed by atoms with van der Waals surface area (Å²) >= 11 is 7.66. The molecule has 5 rings (SSSR count). The third-order valence-electron chi connectivity index (χ3n) is 6.98. The van der Waals surface area contributed by atoms with E-state index in [-0.39, 0.29) is 23.6 Å². The zero-order chi connectivity index (χ0) is 25.9. The first-order chi connectivity index (χ1) is 17.9. The minimum atomic E-state index is 0.0101. The van der Waals surface area contributed by atoms with E-state index >= 15 is 0 Å². The summed E-state index contributed by atoms with van der Waals surface area (Å²) in [4.78, 5) is 40.9. The molecule has 1 aromatic heterocycles. The molecule has 1 fully saturated rings. The minimum Gasteiger partial charge on any atom is -0.353 e. The number of hydrogen-bond acceptors (Lipinski definition) is 6. The number of aromatic nitrogens is 2. The fourth-order valence-electron chi connectivity index (χ4n) is 4.87. The molecule has 1 unspecified atom stereocenters. The number of hydrogen-bond donors (Lipinski definition) is 0. The van der Waals surface area contributed by atoms with Gasteiger partial charge in [0.1, 0.15) is 11.0 Å². The molecule has 2 aromatic carbocycles. The summed E-state index contributed by atoms with van der Waals surface area (Å²) < 4.78 is 0. The number of halogens is 1. The van der Waals surface area contributed by atoms with E-state index in [9.17, 15) is 9.59 Å². The van der Waals surface area contributed by atoms with Crippen molar-refractivity contribution in [2.45, 2.75) is 38.0 Å². The maximum absolute atomic E-state index is 13.0. The molecule has 192 valence electrons. The highest BCUT2D eigenvalue weighted by molar-refractivity contribution is 7.99. The molecular formula is C28H30ClN5O2S. The summed E-state index contributed by atoms with van der Waals surface area (Å²) in [5.74, 6) is 1.09. The van der Waals surface area contributed by atoms with Crippen LogP contribution in [0, 0.1) is 6.92 Å². The molecule has 2 aliphatic heterocycles. The fraction of sp³-hybridized carbons (Fsp3) is 0.357. The number of nitrogens with zero attached hydrogens (tertiary/aromatic N) is 5. The monoisotopic (exact) mass is 535 g/mol. The number of piperazine rings is 1. The van der Waals surface area contributed by atoms with Gasteiger partial charge in [-0.15, -0.1) is 0 Å². The summed E-state index contributed by atoms with van der Waals surface area (Å²) in [6.45, 7) is 7.30. The number of amides is 2. The van der Waals surface area contributed by atoms with Crippen molar-refractivity contribution >= 4 is 41.0 Å². The van der Waals surface area contributed by atoms with Crippen LogP contribution in [0.1, 0.15) is 34.0 Å². The number of rotatable bonds is 5. The summed E-state index contributed by atoms with van der Waals surface area (Å²) in [7, 11) is 0. The summed E-state index contributed by atoms with van der Waals surface area (Å²) in [6, 6.07) is 17.7. The number of carbonyl (C=O) groups is 2. The van der Waals surface area contributed by atoms with Crippen LogP contribution in [0.5, 0.6) is 0 Å². The van der Waals surface area contributed by atoms with E-state index in [1.165, 1.54) is 22.9 Å². The van der Waals surface area contributed by atoms with Crippen LogP contribution >= 0.6 is 23.4 Å². The number of carbonyl (C=O) groups excluding carboxylic acids is 2. The van der Waals surface area contributed by atoms with E-state index in [1.807, 2.05) is 60.0 Å². The van der Waals surface area contributed by atoms with Gasteiger partial charge in [0.05, 0.1) is 5.75 Å². The molecule has 1 saturated heterocycles. The van der Waals surface area contributed by atoms with Crippen molar-refractivity contribution in [2.75, 3.05) is 36.8 Å². The molecule has 0 aliphatic carbocycles. The van der Waals surface area contributed by atoms with Crippen molar-refractivity contribution < 1.29 is 9.59 Å². The van der Waals surface area contributed by atoms with Gasteiger partial charge in [0.15, 0.2) is 5.16 Å². The van der Waals surface area contributed by atoms with Crippen molar-refractivity contribution in [1.82, 2.24) is 19.8 Å². The SMILES string of the molecule is Cc1ccc(C(=O)N2CCN(c3cc(Cl)nc(SCC(=O)N4CCc5ccccc5C4)n3)CC2C)cc1. The molecule has 1 atom stereocenters. The highest BCUT2D eigenvalue weighted by atomic mass is 35.5. The molecule has 3 aromatic rings. The number of anilines is 1. The standard InChI is InChI=1S/C28H30ClN5O2S/c1-19-7-9-22(10-8-19)27(36)34-14-13-32(16-20(34)2)25-15-24(29)30-28(31-25)37-18-26(35)33-12-11-21-5-3-4-6-23(21)17-33/h3-10,15,20H,11-14,16-18H2,1-2H3. The molecule has 0 N–H and O–H groups in total. The van der Waals surface area contributed by atoms with E-state index in [1.54, 1.807) is 6.07 Å². The summed E-state index contributed by atoms with van der Waals surface area (Å²) in [5.41, 5.74) is 4.36. The third-order valence-corrected chi connectivity index (χ3v) is 8.01.